The number of nitrogens with zero attached hydrogens (tertiary/aromatic N) is 1. The van der Waals surface area contributed by atoms with E-state index in [9.17, 15) is 49.4 Å². The van der Waals surface area contributed by atoms with E-state index >= 15 is 0 Å². The van der Waals surface area contributed by atoms with Gasteiger partial charge in [0.2, 0.25) is 11.7 Å². The molecule has 0 bridgehead atoms. The maximum Gasteiger partial charge on any atom is 0.328 e. The van der Waals surface area contributed by atoms with E-state index in [2.05, 4.69) is 12.2 Å². The first-order valence-electron chi connectivity index (χ1n) is 16.6. The smallest absolute Gasteiger partial charge is 0.328 e. The quantitative estimate of drug-likeness (QED) is 0.194. The third-order valence-corrected chi connectivity index (χ3v) is 11.7. The highest BCUT2D eigenvalue weighted by Crippen LogP contribution is 2.66. The number of Topliss-reactive ketones (excluding diaryl/α,β-unsaturated/α-hetero) is 2. The SMILES string of the molecule is COC(=O)C(Cc1ccc([O-])c(N(O)O)c1)NC(=O)CCC(=O)OCC(=O)C1(O)CCC2C3CCC4=CC(=O)CCC4(C)C3C(=O)CC21C. The van der Waals surface area contributed by atoms with Crippen molar-refractivity contribution in [3.05, 3.63) is 35.4 Å². The maximum atomic E-state index is 13.8. The third kappa shape index (κ3) is 6.61. The number of aliphatic hydroxyl groups is 1. The number of rotatable bonds is 11. The second-order valence-electron chi connectivity index (χ2n) is 14.3. The van der Waals surface area contributed by atoms with Gasteiger partial charge in [-0.3, -0.25) is 34.4 Å². The first-order chi connectivity index (χ1) is 23.0. The molecule has 4 aliphatic carbocycles. The molecular weight excluding hydrogens is 640 g/mol. The highest BCUT2D eigenvalue weighted by Gasteiger charge is 2.68. The molecule has 0 aliphatic heterocycles. The Morgan fingerprint density at radius 2 is 1.82 bits per heavy atom. The molecule has 7 atom stereocenters. The van der Waals surface area contributed by atoms with E-state index in [0.717, 1.165) is 24.8 Å². The van der Waals surface area contributed by atoms with Crippen LogP contribution in [0.1, 0.15) is 77.2 Å². The number of allylic oxidation sites excluding steroid dienone is 1. The standard InChI is InChI=1S/C35H44N2O12/c1-33-12-10-21(38)16-20(33)5-6-22-23-11-13-35(45,34(23,2)17-27(40)31(22)33)28(41)18-49-30(43)9-8-29(42)36-24(32(44)48-3)14-19-4-7-26(39)25(15-19)37(46)47/h4,7,15-16,22-24,31,39,45-47H,5-6,8-14,17-18H2,1-3H3,(H,36,42)/p-1. The van der Waals surface area contributed by atoms with Crippen molar-refractivity contribution in [2.45, 2.75) is 89.7 Å². The van der Waals surface area contributed by atoms with Crippen LogP contribution in [0.15, 0.2) is 29.8 Å². The van der Waals surface area contributed by atoms with Gasteiger partial charge in [-0.1, -0.05) is 37.3 Å². The summed E-state index contributed by atoms with van der Waals surface area (Å²) in [6, 6.07) is 2.30. The highest BCUT2D eigenvalue weighted by atomic mass is 16.8. The minimum absolute atomic E-state index is 0.00791. The topological polar surface area (TPSA) is 220 Å². The van der Waals surface area contributed by atoms with Crippen molar-refractivity contribution < 1.29 is 58.9 Å². The molecule has 4 N–H and O–H groups in total. The maximum absolute atomic E-state index is 13.8. The van der Waals surface area contributed by atoms with Gasteiger partial charge in [0.15, 0.2) is 12.4 Å². The van der Waals surface area contributed by atoms with Crippen molar-refractivity contribution in [1.29, 1.82) is 0 Å². The minimum atomic E-state index is -1.88. The van der Waals surface area contributed by atoms with E-state index in [-0.39, 0.29) is 53.8 Å². The van der Waals surface area contributed by atoms with Crippen LogP contribution in [0.25, 0.3) is 0 Å². The molecule has 0 saturated heterocycles. The van der Waals surface area contributed by atoms with Crippen LogP contribution >= 0.6 is 0 Å². The van der Waals surface area contributed by atoms with Gasteiger partial charge in [-0.2, -0.15) is 0 Å². The molecule has 5 rings (SSSR count). The van der Waals surface area contributed by atoms with Crippen LogP contribution in [0, 0.1) is 28.6 Å². The zero-order valence-corrected chi connectivity index (χ0v) is 27.9. The Morgan fingerprint density at radius 3 is 2.51 bits per heavy atom. The molecule has 49 heavy (non-hydrogen) atoms. The number of nitrogens with one attached hydrogen (secondary N) is 1. The second kappa shape index (κ2) is 13.6. The van der Waals surface area contributed by atoms with Gasteiger partial charge in [0.1, 0.15) is 17.4 Å². The molecule has 3 fully saturated rings. The summed E-state index contributed by atoms with van der Waals surface area (Å²) in [5, 5.41) is 44.2. The summed E-state index contributed by atoms with van der Waals surface area (Å²) in [5.74, 6) is -4.15. The molecule has 0 spiro atoms. The number of amides is 1. The first kappa shape index (κ1) is 36.1. The van der Waals surface area contributed by atoms with E-state index in [1.54, 1.807) is 13.0 Å². The van der Waals surface area contributed by atoms with Crippen LogP contribution in [0.3, 0.4) is 0 Å². The number of carbonyl (C=O) groups is 6. The minimum Gasteiger partial charge on any atom is -0.871 e. The van der Waals surface area contributed by atoms with Gasteiger partial charge >= 0.3 is 11.9 Å². The number of anilines is 1. The van der Waals surface area contributed by atoms with Gasteiger partial charge in [0, 0.05) is 37.0 Å². The van der Waals surface area contributed by atoms with Gasteiger partial charge in [-0.15, -0.1) is 5.23 Å². The molecule has 14 heteroatoms. The van der Waals surface area contributed by atoms with E-state index in [4.69, 9.17) is 9.47 Å². The molecule has 266 valence electrons. The van der Waals surface area contributed by atoms with Crippen LogP contribution < -0.4 is 15.6 Å². The van der Waals surface area contributed by atoms with E-state index in [0.29, 0.717) is 37.7 Å². The molecule has 0 radical (unpaired) electrons. The molecule has 3 saturated carbocycles. The summed E-state index contributed by atoms with van der Waals surface area (Å²) in [6.45, 7) is 3.11. The summed E-state index contributed by atoms with van der Waals surface area (Å²) in [5.41, 5.74) is -2.46. The highest BCUT2D eigenvalue weighted by molar-refractivity contribution is 5.95. The fourth-order valence-electron chi connectivity index (χ4n) is 9.08. The van der Waals surface area contributed by atoms with Crippen LogP contribution in [0.2, 0.25) is 0 Å². The van der Waals surface area contributed by atoms with Crippen LogP contribution in [-0.2, 0) is 44.7 Å². The van der Waals surface area contributed by atoms with Crippen molar-refractivity contribution in [3.63, 3.8) is 0 Å². The summed E-state index contributed by atoms with van der Waals surface area (Å²) in [4.78, 5) is 77.0. The molecule has 14 nitrogen and oxygen atoms in total. The fourth-order valence-corrected chi connectivity index (χ4v) is 9.08. The lowest BCUT2D eigenvalue weighted by Gasteiger charge is -2.57. The lowest BCUT2D eigenvalue weighted by Crippen LogP contribution is -2.61. The zero-order valence-electron chi connectivity index (χ0n) is 27.9. The Hall–Kier alpha value is -4.14. The van der Waals surface area contributed by atoms with E-state index in [1.165, 1.54) is 6.07 Å². The van der Waals surface area contributed by atoms with Crippen molar-refractivity contribution in [1.82, 2.24) is 5.32 Å². The van der Waals surface area contributed by atoms with Crippen LogP contribution in [0.4, 0.5) is 5.69 Å². The Balaban J connectivity index is 1.16. The van der Waals surface area contributed by atoms with Gasteiger partial charge in [0.05, 0.1) is 19.2 Å². The molecular formula is C35H43N2O12-. The van der Waals surface area contributed by atoms with E-state index < -0.39 is 77.0 Å². The van der Waals surface area contributed by atoms with Crippen molar-refractivity contribution in [3.8, 4) is 5.75 Å². The Bertz CT molecular complexity index is 1590. The molecule has 0 heterocycles. The number of methoxy groups -OCH3 is 1. The van der Waals surface area contributed by atoms with Gasteiger partial charge in [-0.05, 0) is 67.1 Å². The molecule has 1 aromatic rings. The van der Waals surface area contributed by atoms with Crippen molar-refractivity contribution >= 4 is 40.9 Å². The summed E-state index contributed by atoms with van der Waals surface area (Å²) in [6.07, 6.45) is 3.77. The average molecular weight is 684 g/mol. The number of hydrogen-bond acceptors (Lipinski definition) is 13. The monoisotopic (exact) mass is 683 g/mol. The van der Waals surface area contributed by atoms with Gasteiger partial charge in [0.25, 0.3) is 0 Å². The molecule has 4 aliphatic rings. The number of ether oxygens (including phenoxy) is 2. The van der Waals surface area contributed by atoms with Crippen LogP contribution in [0.5, 0.6) is 5.75 Å². The van der Waals surface area contributed by atoms with Crippen LogP contribution in [-0.4, -0.2) is 76.1 Å². The van der Waals surface area contributed by atoms with E-state index in [1.807, 2.05) is 0 Å². The third-order valence-electron chi connectivity index (χ3n) is 11.7. The molecule has 1 amide bonds. The molecule has 1 aromatic carbocycles. The Kier molecular flexibility index (Phi) is 10.1. The number of ketones is 3. The number of carbonyl (C=O) groups excluding carboxylic acids is 6. The predicted octanol–water partition coefficient (Wildman–Crippen LogP) is 1.88. The van der Waals surface area contributed by atoms with Crippen molar-refractivity contribution in [2.75, 3.05) is 18.9 Å². The zero-order chi connectivity index (χ0) is 35.9. The molecule has 0 aromatic heterocycles. The molecule has 7 unspecified atom stereocenters. The lowest BCUT2D eigenvalue weighted by molar-refractivity contribution is -0.268. The van der Waals surface area contributed by atoms with Gasteiger partial charge < -0.3 is 25.0 Å². The number of esters is 2. The lowest BCUT2D eigenvalue weighted by atomic mass is 9.46. The second-order valence-corrected chi connectivity index (χ2v) is 14.3. The Labute approximate surface area is 283 Å². The largest absolute Gasteiger partial charge is 0.871 e. The van der Waals surface area contributed by atoms with Gasteiger partial charge in [-0.25, -0.2) is 4.79 Å². The summed E-state index contributed by atoms with van der Waals surface area (Å²) in [7, 11) is 1.11. The summed E-state index contributed by atoms with van der Waals surface area (Å²) >= 11 is 0. The first-order valence-corrected chi connectivity index (χ1v) is 16.6. The summed E-state index contributed by atoms with van der Waals surface area (Å²) < 4.78 is 9.91. The number of fused-ring (bicyclic) bond motifs is 5. The number of hydrogen-bond donors (Lipinski definition) is 4. The average Bonchev–Trinajstić information content (AvgIpc) is 3.33. The Morgan fingerprint density at radius 1 is 1.08 bits per heavy atom. The van der Waals surface area contributed by atoms with Crippen molar-refractivity contribution in [2.24, 2.45) is 28.6 Å². The normalized spacial score (nSPS) is 31.0. The predicted molar refractivity (Wildman–Crippen MR) is 167 cm³/mol. The number of benzene rings is 1. The fraction of sp³-hybridized carbons (Fsp3) is 0.600.